The summed E-state index contributed by atoms with van der Waals surface area (Å²) in [4.78, 5) is 0.289. The summed E-state index contributed by atoms with van der Waals surface area (Å²) in [6.45, 7) is 6.30. The van der Waals surface area contributed by atoms with E-state index in [0.717, 1.165) is 32.4 Å². The van der Waals surface area contributed by atoms with Crippen molar-refractivity contribution in [2.24, 2.45) is 5.92 Å². The van der Waals surface area contributed by atoms with Crippen LogP contribution in [0, 0.1) is 5.92 Å². The molecule has 1 fully saturated rings. The van der Waals surface area contributed by atoms with Crippen molar-refractivity contribution in [2.45, 2.75) is 31.1 Å². The second-order valence-corrected chi connectivity index (χ2v) is 8.25. The minimum atomic E-state index is -3.47. The van der Waals surface area contributed by atoms with Crippen molar-refractivity contribution >= 4 is 10.0 Å². The fourth-order valence-electron chi connectivity index (χ4n) is 3.16. The minimum absolute atomic E-state index is 0.289. The zero-order valence-electron chi connectivity index (χ0n) is 14.2. The Labute approximate surface area is 144 Å². The summed E-state index contributed by atoms with van der Waals surface area (Å²) >= 11 is 0. The average molecular weight is 354 g/mol. The van der Waals surface area contributed by atoms with Gasteiger partial charge < -0.3 is 14.8 Å². The number of hydrogen-bond acceptors (Lipinski definition) is 5. The third kappa shape index (κ3) is 3.84. The van der Waals surface area contributed by atoms with Crippen molar-refractivity contribution < 1.29 is 17.9 Å². The number of piperidine rings is 1. The number of rotatable bonds is 5. The number of hydrogen-bond donors (Lipinski definition) is 1. The molecule has 0 unspecified atom stereocenters. The Hall–Kier alpha value is -1.31. The predicted molar refractivity (Wildman–Crippen MR) is 92.1 cm³/mol. The number of benzene rings is 1. The first-order valence-corrected chi connectivity index (χ1v) is 10.2. The molecule has 0 aromatic heterocycles. The van der Waals surface area contributed by atoms with Crippen molar-refractivity contribution in [2.75, 3.05) is 39.4 Å². The summed E-state index contributed by atoms with van der Waals surface area (Å²) in [5.74, 6) is 1.70. The molecule has 0 amide bonds. The zero-order valence-corrected chi connectivity index (χ0v) is 15.0. The molecule has 6 nitrogen and oxygen atoms in total. The van der Waals surface area contributed by atoms with Gasteiger partial charge in [0.05, 0.1) is 18.1 Å². The van der Waals surface area contributed by atoms with Gasteiger partial charge in [-0.2, -0.15) is 4.31 Å². The van der Waals surface area contributed by atoms with Gasteiger partial charge in [0, 0.05) is 25.6 Å². The van der Waals surface area contributed by atoms with Crippen molar-refractivity contribution in [1.29, 1.82) is 0 Å². The molecule has 2 aliphatic heterocycles. The van der Waals surface area contributed by atoms with Gasteiger partial charge in [-0.05, 0) is 44.0 Å². The maximum atomic E-state index is 12.9. The van der Waals surface area contributed by atoms with E-state index in [9.17, 15) is 8.42 Å². The van der Waals surface area contributed by atoms with E-state index in [-0.39, 0.29) is 4.90 Å². The van der Waals surface area contributed by atoms with Gasteiger partial charge in [-0.3, -0.25) is 0 Å². The van der Waals surface area contributed by atoms with Crippen molar-refractivity contribution in [1.82, 2.24) is 9.62 Å². The first-order chi connectivity index (χ1) is 11.6. The Morgan fingerprint density at radius 3 is 2.58 bits per heavy atom. The van der Waals surface area contributed by atoms with Gasteiger partial charge in [0.1, 0.15) is 0 Å². The van der Waals surface area contributed by atoms with E-state index in [0.29, 0.717) is 43.7 Å². The quantitative estimate of drug-likeness (QED) is 0.874. The van der Waals surface area contributed by atoms with Gasteiger partial charge >= 0.3 is 0 Å². The predicted octanol–water partition coefficient (Wildman–Crippen LogP) is 1.86. The molecule has 0 atom stereocenters. The molecule has 1 aromatic rings. The van der Waals surface area contributed by atoms with E-state index in [1.54, 1.807) is 22.5 Å². The van der Waals surface area contributed by atoms with Crippen LogP contribution in [0.3, 0.4) is 0 Å². The van der Waals surface area contributed by atoms with E-state index in [4.69, 9.17) is 9.47 Å². The van der Waals surface area contributed by atoms with Crippen molar-refractivity contribution in [3.05, 3.63) is 18.2 Å². The second kappa shape index (κ2) is 7.72. The molecular weight excluding hydrogens is 328 g/mol. The van der Waals surface area contributed by atoms with Crippen LogP contribution in [0.25, 0.3) is 0 Å². The smallest absolute Gasteiger partial charge is 0.243 e. The van der Waals surface area contributed by atoms with Crippen LogP contribution < -0.4 is 14.8 Å². The highest BCUT2D eigenvalue weighted by Crippen LogP contribution is 2.33. The van der Waals surface area contributed by atoms with Gasteiger partial charge in [-0.1, -0.05) is 6.92 Å². The average Bonchev–Trinajstić information content (AvgIpc) is 2.85. The normalized spacial score (nSPS) is 19.9. The van der Waals surface area contributed by atoms with Gasteiger partial charge in [0.25, 0.3) is 0 Å². The van der Waals surface area contributed by atoms with Crippen LogP contribution >= 0.6 is 0 Å². The molecule has 0 saturated carbocycles. The van der Waals surface area contributed by atoms with Crippen LogP contribution in [-0.4, -0.2) is 52.1 Å². The standard InChI is InChI=1S/C17H26N2O4S/c1-2-18-13-14-6-8-19(9-7-14)24(20,21)15-4-5-16-17(12-15)23-11-3-10-22-16/h4-5,12,14,18H,2-3,6-11,13H2,1H3. The lowest BCUT2D eigenvalue weighted by molar-refractivity contribution is 0.268. The van der Waals surface area contributed by atoms with Gasteiger partial charge in [-0.15, -0.1) is 0 Å². The molecule has 3 rings (SSSR count). The van der Waals surface area contributed by atoms with Crippen LogP contribution in [0.5, 0.6) is 11.5 Å². The molecule has 2 heterocycles. The molecule has 24 heavy (non-hydrogen) atoms. The van der Waals surface area contributed by atoms with E-state index < -0.39 is 10.0 Å². The third-order valence-electron chi connectivity index (χ3n) is 4.61. The molecule has 7 heteroatoms. The van der Waals surface area contributed by atoms with Crippen LogP contribution in [0.4, 0.5) is 0 Å². The number of nitrogens with one attached hydrogen (secondary N) is 1. The van der Waals surface area contributed by atoms with E-state index in [2.05, 4.69) is 12.2 Å². The van der Waals surface area contributed by atoms with E-state index in [1.165, 1.54) is 0 Å². The summed E-state index contributed by atoms with van der Waals surface area (Å²) in [5, 5.41) is 3.34. The monoisotopic (exact) mass is 354 g/mol. The fourth-order valence-corrected chi connectivity index (χ4v) is 4.64. The lowest BCUT2D eigenvalue weighted by atomic mass is 9.98. The van der Waals surface area contributed by atoms with Crippen molar-refractivity contribution in [3.8, 4) is 11.5 Å². The van der Waals surface area contributed by atoms with Crippen LogP contribution in [-0.2, 0) is 10.0 Å². The molecule has 2 aliphatic rings. The Bertz CT molecular complexity index is 655. The van der Waals surface area contributed by atoms with Crippen molar-refractivity contribution in [3.63, 3.8) is 0 Å². The van der Waals surface area contributed by atoms with Gasteiger partial charge in [0.15, 0.2) is 11.5 Å². The number of nitrogens with zero attached hydrogens (tertiary/aromatic N) is 1. The Morgan fingerprint density at radius 2 is 1.88 bits per heavy atom. The molecule has 0 bridgehead atoms. The molecular formula is C17H26N2O4S. The molecule has 1 saturated heterocycles. The maximum Gasteiger partial charge on any atom is 0.243 e. The van der Waals surface area contributed by atoms with E-state index in [1.807, 2.05) is 0 Å². The van der Waals surface area contributed by atoms with Gasteiger partial charge in [-0.25, -0.2) is 8.42 Å². The zero-order chi connectivity index (χ0) is 17.0. The summed E-state index contributed by atoms with van der Waals surface area (Å²) < 4.78 is 38.6. The number of sulfonamides is 1. The summed E-state index contributed by atoms with van der Waals surface area (Å²) in [6, 6.07) is 4.92. The number of fused-ring (bicyclic) bond motifs is 1. The largest absolute Gasteiger partial charge is 0.490 e. The van der Waals surface area contributed by atoms with Crippen LogP contribution in [0.2, 0.25) is 0 Å². The Kier molecular flexibility index (Phi) is 5.63. The topological polar surface area (TPSA) is 67.9 Å². The first kappa shape index (κ1) is 17.5. The summed E-state index contributed by atoms with van der Waals surface area (Å²) in [5.41, 5.74) is 0. The lowest BCUT2D eigenvalue weighted by Crippen LogP contribution is -2.40. The summed E-state index contributed by atoms with van der Waals surface area (Å²) in [7, 11) is -3.47. The number of ether oxygens (including phenoxy) is 2. The second-order valence-electron chi connectivity index (χ2n) is 6.31. The molecule has 1 aromatic carbocycles. The Balaban J connectivity index is 1.71. The molecule has 134 valence electrons. The first-order valence-electron chi connectivity index (χ1n) is 8.72. The van der Waals surface area contributed by atoms with Crippen LogP contribution in [0.15, 0.2) is 23.1 Å². The molecule has 0 spiro atoms. The highest BCUT2D eigenvalue weighted by Gasteiger charge is 2.30. The van der Waals surface area contributed by atoms with Crippen LogP contribution in [0.1, 0.15) is 26.2 Å². The Morgan fingerprint density at radius 1 is 1.17 bits per heavy atom. The third-order valence-corrected chi connectivity index (χ3v) is 6.51. The molecule has 1 N–H and O–H groups in total. The van der Waals surface area contributed by atoms with E-state index >= 15 is 0 Å². The highest BCUT2D eigenvalue weighted by atomic mass is 32.2. The fraction of sp³-hybridized carbons (Fsp3) is 0.647. The molecule has 0 aliphatic carbocycles. The minimum Gasteiger partial charge on any atom is -0.490 e. The summed E-state index contributed by atoms with van der Waals surface area (Å²) in [6.07, 6.45) is 2.60. The SMILES string of the molecule is CCNCC1CCN(S(=O)(=O)c2ccc3c(c2)OCCCO3)CC1. The highest BCUT2D eigenvalue weighted by molar-refractivity contribution is 7.89. The lowest BCUT2D eigenvalue weighted by Gasteiger charge is -2.31. The van der Waals surface area contributed by atoms with Gasteiger partial charge in [0.2, 0.25) is 10.0 Å². The maximum absolute atomic E-state index is 12.9. The molecule has 0 radical (unpaired) electrons.